The average molecular weight is 405 g/mol. The summed E-state index contributed by atoms with van der Waals surface area (Å²) < 4.78 is 27.1. The zero-order valence-electron chi connectivity index (χ0n) is 12.8. The SMILES string of the molecule is CN(C)C(=O)Sc1ccc(NS(=O)(=O)c2ccc(Cl)c(Cl)c2)cc1. The van der Waals surface area contributed by atoms with E-state index in [2.05, 4.69) is 4.72 Å². The van der Waals surface area contributed by atoms with E-state index in [1.54, 1.807) is 38.4 Å². The third kappa shape index (κ3) is 4.80. The summed E-state index contributed by atoms with van der Waals surface area (Å²) in [7, 11) is -0.453. The molecular weight excluding hydrogens is 391 g/mol. The molecule has 1 amide bonds. The number of hydrogen-bond donors (Lipinski definition) is 1. The van der Waals surface area contributed by atoms with Crippen molar-refractivity contribution in [1.82, 2.24) is 4.90 Å². The Morgan fingerprint density at radius 1 is 1.04 bits per heavy atom. The number of halogens is 2. The Bertz CT molecular complexity index is 854. The number of nitrogens with zero attached hydrogens (tertiary/aromatic N) is 1. The van der Waals surface area contributed by atoms with Gasteiger partial charge in [-0.05, 0) is 54.2 Å². The fraction of sp³-hybridized carbons (Fsp3) is 0.133. The van der Waals surface area contributed by atoms with Crippen molar-refractivity contribution in [3.63, 3.8) is 0 Å². The highest BCUT2D eigenvalue weighted by Gasteiger charge is 2.16. The molecule has 0 aliphatic heterocycles. The summed E-state index contributed by atoms with van der Waals surface area (Å²) in [6.45, 7) is 0. The molecular formula is C15H14Cl2N2O3S2. The first-order chi connectivity index (χ1) is 11.2. The Hall–Kier alpha value is -1.41. The molecule has 0 aliphatic rings. The summed E-state index contributed by atoms with van der Waals surface area (Å²) in [5.41, 5.74) is 0.378. The predicted octanol–water partition coefficient (Wildman–Crippen LogP) is 4.57. The van der Waals surface area contributed by atoms with Gasteiger partial charge in [-0.25, -0.2) is 8.42 Å². The summed E-state index contributed by atoms with van der Waals surface area (Å²) >= 11 is 12.7. The van der Waals surface area contributed by atoms with Crippen LogP contribution >= 0.6 is 35.0 Å². The zero-order chi connectivity index (χ0) is 17.9. The maximum Gasteiger partial charge on any atom is 0.285 e. The van der Waals surface area contributed by atoms with Gasteiger partial charge < -0.3 is 4.90 Å². The van der Waals surface area contributed by atoms with Crippen molar-refractivity contribution in [3.05, 3.63) is 52.5 Å². The Labute approximate surface area is 155 Å². The van der Waals surface area contributed by atoms with Crippen LogP contribution in [0.5, 0.6) is 0 Å². The van der Waals surface area contributed by atoms with Gasteiger partial charge in [0.2, 0.25) is 0 Å². The van der Waals surface area contributed by atoms with E-state index in [0.717, 1.165) is 11.8 Å². The molecule has 0 saturated heterocycles. The van der Waals surface area contributed by atoms with Gasteiger partial charge >= 0.3 is 0 Å². The van der Waals surface area contributed by atoms with Gasteiger partial charge in [-0.1, -0.05) is 23.2 Å². The van der Waals surface area contributed by atoms with Crippen LogP contribution in [0.1, 0.15) is 0 Å². The van der Waals surface area contributed by atoms with Crippen molar-refractivity contribution >= 4 is 55.9 Å². The van der Waals surface area contributed by atoms with E-state index in [1.165, 1.54) is 23.1 Å². The monoisotopic (exact) mass is 404 g/mol. The molecule has 0 atom stereocenters. The van der Waals surface area contributed by atoms with Crippen molar-refractivity contribution in [2.75, 3.05) is 18.8 Å². The number of amides is 1. The lowest BCUT2D eigenvalue weighted by atomic mass is 10.3. The van der Waals surface area contributed by atoms with Crippen LogP contribution in [0.25, 0.3) is 0 Å². The van der Waals surface area contributed by atoms with Gasteiger partial charge in [-0.15, -0.1) is 0 Å². The number of carbonyl (C=O) groups excluding carboxylic acids is 1. The highest BCUT2D eigenvalue weighted by atomic mass is 35.5. The maximum atomic E-state index is 12.3. The molecule has 0 aromatic heterocycles. The van der Waals surface area contributed by atoms with Gasteiger partial charge in [-0.3, -0.25) is 9.52 Å². The lowest BCUT2D eigenvalue weighted by Crippen LogP contribution is -2.16. The van der Waals surface area contributed by atoms with Crippen LogP contribution in [-0.2, 0) is 10.0 Å². The highest BCUT2D eigenvalue weighted by Crippen LogP contribution is 2.27. The largest absolute Gasteiger partial charge is 0.339 e. The molecule has 1 N–H and O–H groups in total. The third-order valence-electron chi connectivity index (χ3n) is 2.88. The molecule has 24 heavy (non-hydrogen) atoms. The van der Waals surface area contributed by atoms with Gasteiger partial charge in [0.25, 0.3) is 15.3 Å². The number of anilines is 1. The molecule has 0 bridgehead atoms. The van der Waals surface area contributed by atoms with Gasteiger partial charge in [-0.2, -0.15) is 0 Å². The Kier molecular flexibility index (Phi) is 6.03. The molecule has 128 valence electrons. The Morgan fingerprint density at radius 3 is 2.21 bits per heavy atom. The van der Waals surface area contributed by atoms with Crippen LogP contribution in [0.3, 0.4) is 0 Å². The molecule has 0 radical (unpaired) electrons. The quantitative estimate of drug-likeness (QED) is 0.757. The second kappa shape index (κ2) is 7.65. The first-order valence-corrected chi connectivity index (χ1v) is 9.71. The molecule has 2 aromatic carbocycles. The number of carbonyl (C=O) groups is 1. The summed E-state index contributed by atoms with van der Waals surface area (Å²) in [6.07, 6.45) is 0. The molecule has 0 heterocycles. The second-order valence-electron chi connectivity index (χ2n) is 4.97. The number of benzene rings is 2. The second-order valence-corrected chi connectivity index (χ2v) is 8.49. The van der Waals surface area contributed by atoms with E-state index in [1.807, 2.05) is 0 Å². The van der Waals surface area contributed by atoms with Crippen LogP contribution in [0.15, 0.2) is 52.3 Å². The average Bonchev–Trinajstić information content (AvgIpc) is 2.51. The van der Waals surface area contributed by atoms with Crippen molar-refractivity contribution in [2.45, 2.75) is 9.79 Å². The molecule has 0 spiro atoms. The van der Waals surface area contributed by atoms with Crippen molar-refractivity contribution < 1.29 is 13.2 Å². The topological polar surface area (TPSA) is 66.5 Å². The molecule has 0 unspecified atom stereocenters. The van der Waals surface area contributed by atoms with Gasteiger partial charge in [0.05, 0.1) is 14.9 Å². The molecule has 2 rings (SSSR count). The summed E-state index contributed by atoms with van der Waals surface area (Å²) in [5.74, 6) is 0. The molecule has 0 saturated carbocycles. The van der Waals surface area contributed by atoms with Crippen molar-refractivity contribution in [1.29, 1.82) is 0 Å². The first kappa shape index (κ1) is 18.9. The molecule has 5 nitrogen and oxygen atoms in total. The number of sulfonamides is 1. The van der Waals surface area contributed by atoms with Crippen LogP contribution in [-0.4, -0.2) is 32.7 Å². The fourth-order valence-corrected chi connectivity index (χ4v) is 3.74. The van der Waals surface area contributed by atoms with E-state index in [4.69, 9.17) is 23.2 Å². The highest BCUT2D eigenvalue weighted by molar-refractivity contribution is 8.13. The van der Waals surface area contributed by atoms with Gasteiger partial charge in [0.15, 0.2) is 0 Å². The predicted molar refractivity (Wildman–Crippen MR) is 98.7 cm³/mol. The lowest BCUT2D eigenvalue weighted by Gasteiger charge is -2.11. The maximum absolute atomic E-state index is 12.3. The minimum Gasteiger partial charge on any atom is -0.339 e. The summed E-state index contributed by atoms with van der Waals surface area (Å²) in [4.78, 5) is 13.8. The van der Waals surface area contributed by atoms with Crippen LogP contribution < -0.4 is 4.72 Å². The number of thioether (sulfide) groups is 1. The van der Waals surface area contributed by atoms with E-state index < -0.39 is 10.0 Å². The standard InChI is InChI=1S/C15H14Cl2N2O3S2/c1-19(2)15(20)23-11-5-3-10(4-6-11)18-24(21,22)12-7-8-13(16)14(17)9-12/h3-9,18H,1-2H3. The van der Waals surface area contributed by atoms with E-state index in [9.17, 15) is 13.2 Å². The minimum atomic E-state index is -3.78. The van der Waals surface area contributed by atoms with Crippen LogP contribution in [0, 0.1) is 0 Å². The summed E-state index contributed by atoms with van der Waals surface area (Å²) in [6, 6.07) is 10.6. The van der Waals surface area contributed by atoms with Gasteiger partial charge in [0, 0.05) is 24.7 Å². The molecule has 0 fully saturated rings. The van der Waals surface area contributed by atoms with Crippen molar-refractivity contribution in [2.24, 2.45) is 0 Å². The number of hydrogen-bond acceptors (Lipinski definition) is 4. The van der Waals surface area contributed by atoms with Gasteiger partial charge in [0.1, 0.15) is 0 Å². The smallest absolute Gasteiger partial charge is 0.285 e. The fourth-order valence-electron chi connectivity index (χ4n) is 1.64. The first-order valence-electron chi connectivity index (χ1n) is 6.66. The third-order valence-corrected chi connectivity index (χ3v) is 6.04. The van der Waals surface area contributed by atoms with Crippen LogP contribution in [0.2, 0.25) is 10.0 Å². The molecule has 2 aromatic rings. The Morgan fingerprint density at radius 2 is 1.67 bits per heavy atom. The lowest BCUT2D eigenvalue weighted by molar-refractivity contribution is 0.241. The van der Waals surface area contributed by atoms with Crippen LogP contribution in [0.4, 0.5) is 10.5 Å². The number of nitrogens with one attached hydrogen (secondary N) is 1. The number of rotatable bonds is 4. The van der Waals surface area contributed by atoms with E-state index in [0.29, 0.717) is 10.6 Å². The Balaban J connectivity index is 2.15. The summed E-state index contributed by atoms with van der Waals surface area (Å²) in [5, 5.41) is 0.329. The van der Waals surface area contributed by atoms with E-state index in [-0.39, 0.29) is 20.2 Å². The normalized spacial score (nSPS) is 11.2. The van der Waals surface area contributed by atoms with Crippen molar-refractivity contribution in [3.8, 4) is 0 Å². The zero-order valence-corrected chi connectivity index (χ0v) is 15.9. The molecule has 0 aliphatic carbocycles. The molecule has 9 heteroatoms. The van der Waals surface area contributed by atoms with E-state index >= 15 is 0 Å². The minimum absolute atomic E-state index is 0.0122.